The van der Waals surface area contributed by atoms with E-state index < -0.39 is 5.97 Å². The maximum atomic E-state index is 10.9. The van der Waals surface area contributed by atoms with E-state index in [0.29, 0.717) is 17.6 Å². The van der Waals surface area contributed by atoms with E-state index in [9.17, 15) is 4.79 Å². The summed E-state index contributed by atoms with van der Waals surface area (Å²) < 4.78 is 0. The van der Waals surface area contributed by atoms with Crippen molar-refractivity contribution in [2.75, 3.05) is 23.4 Å². The standard InChI is InChI=1S/C12H17N3O2S/c1-8-6-10(11(16)17)15-12(14-8)13-7-9-2-4-18-5-3-9/h6,9H,2-5,7H2,1H3,(H,16,17)(H,13,14,15). The van der Waals surface area contributed by atoms with E-state index in [1.165, 1.54) is 30.4 Å². The third-order valence-electron chi connectivity index (χ3n) is 2.96. The fourth-order valence-corrected chi connectivity index (χ4v) is 3.15. The Balaban J connectivity index is 1.97. The average Bonchev–Trinajstić information content (AvgIpc) is 2.37. The molecule has 0 aromatic carbocycles. The molecule has 0 radical (unpaired) electrons. The number of aryl methyl sites for hydroxylation is 1. The van der Waals surface area contributed by atoms with Gasteiger partial charge in [-0.1, -0.05) is 0 Å². The van der Waals surface area contributed by atoms with E-state index >= 15 is 0 Å². The summed E-state index contributed by atoms with van der Waals surface area (Å²) in [5.41, 5.74) is 0.716. The number of hydrogen-bond donors (Lipinski definition) is 2. The molecule has 5 nitrogen and oxygen atoms in total. The predicted octanol–water partition coefficient (Wildman–Crippen LogP) is 2.04. The first-order valence-corrected chi connectivity index (χ1v) is 7.21. The molecule has 18 heavy (non-hydrogen) atoms. The van der Waals surface area contributed by atoms with Crippen LogP contribution in [0.3, 0.4) is 0 Å². The fraction of sp³-hybridized carbons (Fsp3) is 0.583. The van der Waals surface area contributed by atoms with Gasteiger partial charge in [0.15, 0.2) is 5.69 Å². The molecule has 0 bridgehead atoms. The van der Waals surface area contributed by atoms with Crippen molar-refractivity contribution in [1.82, 2.24) is 9.97 Å². The highest BCUT2D eigenvalue weighted by molar-refractivity contribution is 7.99. The molecule has 2 rings (SSSR count). The third kappa shape index (κ3) is 3.60. The number of carboxylic acids is 1. The molecule has 1 saturated heterocycles. The summed E-state index contributed by atoms with van der Waals surface area (Å²) in [6.07, 6.45) is 2.41. The predicted molar refractivity (Wildman–Crippen MR) is 72.3 cm³/mol. The molecule has 1 fully saturated rings. The van der Waals surface area contributed by atoms with Gasteiger partial charge in [0, 0.05) is 12.2 Å². The van der Waals surface area contributed by atoms with Gasteiger partial charge in [0.05, 0.1) is 0 Å². The second-order valence-corrected chi connectivity index (χ2v) is 5.68. The highest BCUT2D eigenvalue weighted by atomic mass is 32.2. The molecule has 1 aromatic rings. The van der Waals surface area contributed by atoms with Crippen LogP contribution in [0, 0.1) is 12.8 Å². The van der Waals surface area contributed by atoms with Crippen molar-refractivity contribution >= 4 is 23.7 Å². The quantitative estimate of drug-likeness (QED) is 0.869. The number of carboxylic acid groups (broad SMARTS) is 1. The summed E-state index contributed by atoms with van der Waals surface area (Å²) in [7, 11) is 0. The minimum Gasteiger partial charge on any atom is -0.477 e. The number of aromatic nitrogens is 2. The van der Waals surface area contributed by atoms with Crippen molar-refractivity contribution in [1.29, 1.82) is 0 Å². The van der Waals surface area contributed by atoms with Gasteiger partial charge < -0.3 is 10.4 Å². The van der Waals surface area contributed by atoms with Crippen LogP contribution in [0.25, 0.3) is 0 Å². The van der Waals surface area contributed by atoms with Crippen molar-refractivity contribution in [3.63, 3.8) is 0 Å². The largest absolute Gasteiger partial charge is 0.477 e. The van der Waals surface area contributed by atoms with Crippen molar-refractivity contribution in [2.45, 2.75) is 19.8 Å². The smallest absolute Gasteiger partial charge is 0.354 e. The Labute approximate surface area is 110 Å². The first-order chi connectivity index (χ1) is 8.65. The molecule has 0 aliphatic carbocycles. The number of rotatable bonds is 4. The Morgan fingerprint density at radius 1 is 1.50 bits per heavy atom. The van der Waals surface area contributed by atoms with Gasteiger partial charge in [-0.15, -0.1) is 0 Å². The molecule has 2 heterocycles. The Morgan fingerprint density at radius 3 is 2.89 bits per heavy atom. The van der Waals surface area contributed by atoms with Gasteiger partial charge in [0.2, 0.25) is 5.95 Å². The van der Waals surface area contributed by atoms with Crippen LogP contribution in [0.1, 0.15) is 29.0 Å². The fourth-order valence-electron chi connectivity index (χ4n) is 1.94. The molecule has 1 aromatic heterocycles. The van der Waals surface area contributed by atoms with Crippen LogP contribution < -0.4 is 5.32 Å². The lowest BCUT2D eigenvalue weighted by atomic mass is 10.0. The molecular weight excluding hydrogens is 250 g/mol. The van der Waals surface area contributed by atoms with Crippen LogP contribution in [0.2, 0.25) is 0 Å². The summed E-state index contributed by atoms with van der Waals surface area (Å²) in [4.78, 5) is 19.1. The van der Waals surface area contributed by atoms with Crippen LogP contribution in [-0.2, 0) is 0 Å². The van der Waals surface area contributed by atoms with Gasteiger partial charge in [0.25, 0.3) is 0 Å². The normalized spacial score (nSPS) is 16.5. The Hall–Kier alpha value is -1.30. The maximum absolute atomic E-state index is 10.9. The van der Waals surface area contributed by atoms with E-state index in [4.69, 9.17) is 5.11 Å². The summed E-state index contributed by atoms with van der Waals surface area (Å²) >= 11 is 1.99. The summed E-state index contributed by atoms with van der Waals surface area (Å²) in [6.45, 7) is 2.60. The minimum atomic E-state index is -1.02. The highest BCUT2D eigenvalue weighted by Gasteiger charge is 2.14. The second kappa shape index (κ2) is 6.04. The van der Waals surface area contributed by atoms with Gasteiger partial charge in [-0.25, -0.2) is 14.8 Å². The molecule has 0 saturated carbocycles. The SMILES string of the molecule is Cc1cc(C(=O)O)nc(NCC2CCSCC2)n1. The van der Waals surface area contributed by atoms with Gasteiger partial charge >= 0.3 is 5.97 Å². The first-order valence-electron chi connectivity index (χ1n) is 6.06. The monoisotopic (exact) mass is 267 g/mol. The number of nitrogens with one attached hydrogen (secondary N) is 1. The van der Waals surface area contributed by atoms with Crippen molar-refractivity contribution in [2.24, 2.45) is 5.92 Å². The summed E-state index contributed by atoms with van der Waals surface area (Å²) in [5, 5.41) is 12.1. The average molecular weight is 267 g/mol. The number of nitrogens with zero attached hydrogens (tertiary/aromatic N) is 2. The van der Waals surface area contributed by atoms with E-state index in [1.54, 1.807) is 6.92 Å². The number of anilines is 1. The highest BCUT2D eigenvalue weighted by Crippen LogP contribution is 2.22. The molecule has 2 N–H and O–H groups in total. The Kier molecular flexibility index (Phi) is 4.41. The van der Waals surface area contributed by atoms with Crippen LogP contribution in [0.4, 0.5) is 5.95 Å². The van der Waals surface area contributed by atoms with Gasteiger partial charge in [-0.3, -0.25) is 0 Å². The number of carbonyl (C=O) groups is 1. The maximum Gasteiger partial charge on any atom is 0.354 e. The van der Waals surface area contributed by atoms with E-state index in [1.807, 2.05) is 11.8 Å². The third-order valence-corrected chi connectivity index (χ3v) is 4.01. The summed E-state index contributed by atoms with van der Waals surface area (Å²) in [5.74, 6) is 2.47. The molecule has 1 aliphatic heterocycles. The van der Waals surface area contributed by atoms with Gasteiger partial charge in [0.1, 0.15) is 0 Å². The van der Waals surface area contributed by atoms with E-state index in [2.05, 4.69) is 15.3 Å². The zero-order chi connectivity index (χ0) is 13.0. The number of aromatic carboxylic acids is 1. The number of thioether (sulfide) groups is 1. The molecule has 0 atom stereocenters. The van der Waals surface area contributed by atoms with E-state index in [-0.39, 0.29) is 5.69 Å². The molecule has 0 spiro atoms. The molecule has 98 valence electrons. The van der Waals surface area contributed by atoms with Crippen LogP contribution in [0.15, 0.2) is 6.07 Å². The number of hydrogen-bond acceptors (Lipinski definition) is 5. The second-order valence-electron chi connectivity index (χ2n) is 4.46. The molecule has 0 amide bonds. The van der Waals surface area contributed by atoms with Crippen LogP contribution in [0.5, 0.6) is 0 Å². The van der Waals surface area contributed by atoms with Crippen molar-refractivity contribution in [3.05, 3.63) is 17.5 Å². The van der Waals surface area contributed by atoms with Crippen LogP contribution in [-0.4, -0.2) is 39.1 Å². The van der Waals surface area contributed by atoms with Gasteiger partial charge in [-0.2, -0.15) is 11.8 Å². The van der Waals surface area contributed by atoms with Crippen molar-refractivity contribution in [3.8, 4) is 0 Å². The zero-order valence-electron chi connectivity index (χ0n) is 10.3. The summed E-state index contributed by atoms with van der Waals surface area (Å²) in [6, 6.07) is 1.48. The van der Waals surface area contributed by atoms with Crippen LogP contribution >= 0.6 is 11.8 Å². The lowest BCUT2D eigenvalue weighted by molar-refractivity contribution is 0.0690. The molecular formula is C12H17N3O2S. The molecule has 0 unspecified atom stereocenters. The van der Waals surface area contributed by atoms with Crippen molar-refractivity contribution < 1.29 is 9.90 Å². The van der Waals surface area contributed by atoms with Gasteiger partial charge in [-0.05, 0) is 43.3 Å². The lowest BCUT2D eigenvalue weighted by Gasteiger charge is -2.21. The minimum absolute atomic E-state index is 0.0456. The van der Waals surface area contributed by atoms with E-state index in [0.717, 1.165) is 6.54 Å². The Bertz CT molecular complexity index is 433. The lowest BCUT2D eigenvalue weighted by Crippen LogP contribution is -2.20. The molecule has 6 heteroatoms. The molecule has 1 aliphatic rings. The first kappa shape index (κ1) is 13.1. The zero-order valence-corrected chi connectivity index (χ0v) is 11.2. The Morgan fingerprint density at radius 2 is 2.22 bits per heavy atom. The topological polar surface area (TPSA) is 75.1 Å².